The largest absolute Gasteiger partial charge is 0.495 e. The standard InChI is InChI=1S/C15H16ClFN2O/c1-20-15-7-6-10(8-11(15)16)14(9-18)19-13-5-3-2-4-12(13)17/h2-8,14,19H,9,18H2,1H3. The molecule has 0 aromatic heterocycles. The Hall–Kier alpha value is -1.78. The second-order valence-electron chi connectivity index (χ2n) is 4.31. The first-order valence-electron chi connectivity index (χ1n) is 6.20. The van der Waals surface area contributed by atoms with Crippen molar-refractivity contribution < 1.29 is 9.13 Å². The predicted molar refractivity (Wildman–Crippen MR) is 79.8 cm³/mol. The summed E-state index contributed by atoms with van der Waals surface area (Å²) in [6.07, 6.45) is 0. The minimum absolute atomic E-state index is 0.227. The predicted octanol–water partition coefficient (Wildman–Crippen LogP) is 3.60. The highest BCUT2D eigenvalue weighted by Crippen LogP contribution is 2.29. The molecule has 1 unspecified atom stereocenters. The van der Waals surface area contributed by atoms with E-state index in [-0.39, 0.29) is 11.9 Å². The molecular formula is C15H16ClFN2O. The molecule has 3 nitrogen and oxygen atoms in total. The van der Waals surface area contributed by atoms with Gasteiger partial charge in [0, 0.05) is 6.54 Å². The van der Waals surface area contributed by atoms with Crippen molar-refractivity contribution in [3.05, 3.63) is 58.9 Å². The molecule has 0 saturated carbocycles. The number of para-hydroxylation sites is 1. The molecule has 2 aromatic carbocycles. The van der Waals surface area contributed by atoms with E-state index in [0.717, 1.165) is 5.56 Å². The Labute approximate surface area is 122 Å². The van der Waals surface area contributed by atoms with Crippen LogP contribution in [0.1, 0.15) is 11.6 Å². The van der Waals surface area contributed by atoms with E-state index >= 15 is 0 Å². The lowest BCUT2D eigenvalue weighted by molar-refractivity contribution is 0.415. The quantitative estimate of drug-likeness (QED) is 0.886. The Morgan fingerprint density at radius 2 is 2.05 bits per heavy atom. The molecule has 0 aliphatic heterocycles. The number of hydrogen-bond acceptors (Lipinski definition) is 3. The summed E-state index contributed by atoms with van der Waals surface area (Å²) in [7, 11) is 1.55. The van der Waals surface area contributed by atoms with Crippen LogP contribution in [0.15, 0.2) is 42.5 Å². The first-order chi connectivity index (χ1) is 9.65. The van der Waals surface area contributed by atoms with E-state index in [0.29, 0.717) is 23.0 Å². The third-order valence-electron chi connectivity index (χ3n) is 3.02. The highest BCUT2D eigenvalue weighted by molar-refractivity contribution is 6.32. The zero-order valence-electron chi connectivity index (χ0n) is 11.1. The van der Waals surface area contributed by atoms with Crippen LogP contribution in [0.2, 0.25) is 5.02 Å². The third-order valence-corrected chi connectivity index (χ3v) is 3.31. The number of nitrogens with one attached hydrogen (secondary N) is 1. The van der Waals surface area contributed by atoms with Crippen LogP contribution in [-0.2, 0) is 0 Å². The molecule has 5 heteroatoms. The number of rotatable bonds is 5. The molecule has 0 bridgehead atoms. The fourth-order valence-electron chi connectivity index (χ4n) is 1.94. The van der Waals surface area contributed by atoms with Gasteiger partial charge in [0.15, 0.2) is 0 Å². The van der Waals surface area contributed by atoms with E-state index in [1.54, 1.807) is 37.4 Å². The van der Waals surface area contributed by atoms with Crippen molar-refractivity contribution in [1.29, 1.82) is 0 Å². The Morgan fingerprint density at radius 3 is 2.65 bits per heavy atom. The number of anilines is 1. The van der Waals surface area contributed by atoms with Crippen LogP contribution in [0.25, 0.3) is 0 Å². The van der Waals surface area contributed by atoms with Crippen LogP contribution in [-0.4, -0.2) is 13.7 Å². The second-order valence-corrected chi connectivity index (χ2v) is 4.71. The van der Waals surface area contributed by atoms with Crippen LogP contribution < -0.4 is 15.8 Å². The Kier molecular flexibility index (Phi) is 4.82. The first-order valence-corrected chi connectivity index (χ1v) is 6.58. The molecule has 0 saturated heterocycles. The van der Waals surface area contributed by atoms with E-state index < -0.39 is 0 Å². The van der Waals surface area contributed by atoms with Gasteiger partial charge in [-0.25, -0.2) is 4.39 Å². The van der Waals surface area contributed by atoms with Crippen molar-refractivity contribution >= 4 is 17.3 Å². The summed E-state index contributed by atoms with van der Waals surface area (Å²) in [5.74, 6) is 0.280. The summed E-state index contributed by atoms with van der Waals surface area (Å²) in [6.45, 7) is 0.316. The highest BCUT2D eigenvalue weighted by atomic mass is 35.5. The van der Waals surface area contributed by atoms with Gasteiger partial charge in [-0.2, -0.15) is 0 Å². The molecule has 106 valence electrons. The Morgan fingerprint density at radius 1 is 1.30 bits per heavy atom. The molecular weight excluding hydrogens is 279 g/mol. The lowest BCUT2D eigenvalue weighted by Crippen LogP contribution is -2.21. The number of nitrogens with two attached hydrogens (primary N) is 1. The molecule has 0 heterocycles. The molecule has 1 atom stereocenters. The molecule has 2 aromatic rings. The van der Waals surface area contributed by atoms with Gasteiger partial charge in [-0.3, -0.25) is 0 Å². The fourth-order valence-corrected chi connectivity index (χ4v) is 2.21. The van der Waals surface area contributed by atoms with Gasteiger partial charge in [0.1, 0.15) is 11.6 Å². The summed E-state index contributed by atoms with van der Waals surface area (Å²) in [5.41, 5.74) is 7.05. The number of ether oxygens (including phenoxy) is 1. The summed E-state index contributed by atoms with van der Waals surface area (Å²) < 4.78 is 18.8. The molecule has 0 aliphatic carbocycles. The zero-order chi connectivity index (χ0) is 14.5. The summed E-state index contributed by atoms with van der Waals surface area (Å²) in [6, 6.07) is 11.6. The van der Waals surface area contributed by atoms with Gasteiger partial charge in [-0.1, -0.05) is 29.8 Å². The molecule has 3 N–H and O–H groups in total. The summed E-state index contributed by atoms with van der Waals surface area (Å²) >= 11 is 6.10. The zero-order valence-corrected chi connectivity index (χ0v) is 11.8. The Bertz CT molecular complexity index is 592. The maximum Gasteiger partial charge on any atom is 0.146 e. The molecule has 0 radical (unpaired) electrons. The van der Waals surface area contributed by atoms with Crippen molar-refractivity contribution in [3.63, 3.8) is 0 Å². The van der Waals surface area contributed by atoms with Crippen molar-refractivity contribution in [2.75, 3.05) is 19.0 Å². The number of hydrogen-bond donors (Lipinski definition) is 2. The number of benzene rings is 2. The molecule has 2 rings (SSSR count). The van der Waals surface area contributed by atoms with Crippen LogP contribution in [0.5, 0.6) is 5.75 Å². The van der Waals surface area contributed by atoms with Gasteiger partial charge < -0.3 is 15.8 Å². The second kappa shape index (κ2) is 6.59. The molecule has 0 aliphatic rings. The number of methoxy groups -OCH3 is 1. The first kappa shape index (κ1) is 14.6. The van der Waals surface area contributed by atoms with Gasteiger partial charge in [0.05, 0.1) is 23.9 Å². The average Bonchev–Trinajstić information content (AvgIpc) is 2.46. The normalized spacial score (nSPS) is 12.0. The lowest BCUT2D eigenvalue weighted by atomic mass is 10.1. The van der Waals surface area contributed by atoms with Crippen molar-refractivity contribution in [2.45, 2.75) is 6.04 Å². The van der Waals surface area contributed by atoms with Crippen LogP contribution >= 0.6 is 11.6 Å². The smallest absolute Gasteiger partial charge is 0.146 e. The topological polar surface area (TPSA) is 47.3 Å². The molecule has 0 amide bonds. The minimum Gasteiger partial charge on any atom is -0.495 e. The van der Waals surface area contributed by atoms with Crippen LogP contribution in [0.3, 0.4) is 0 Å². The maximum atomic E-state index is 13.7. The lowest BCUT2D eigenvalue weighted by Gasteiger charge is -2.19. The molecule has 0 spiro atoms. The summed E-state index contributed by atoms with van der Waals surface area (Å²) in [4.78, 5) is 0. The SMILES string of the molecule is COc1ccc(C(CN)Nc2ccccc2F)cc1Cl. The maximum absolute atomic E-state index is 13.7. The van der Waals surface area contributed by atoms with E-state index in [9.17, 15) is 4.39 Å². The third kappa shape index (κ3) is 3.21. The average molecular weight is 295 g/mol. The monoisotopic (exact) mass is 294 g/mol. The van der Waals surface area contributed by atoms with Gasteiger partial charge >= 0.3 is 0 Å². The van der Waals surface area contributed by atoms with Gasteiger partial charge in [0.2, 0.25) is 0 Å². The number of halogens is 2. The fraction of sp³-hybridized carbons (Fsp3) is 0.200. The van der Waals surface area contributed by atoms with Gasteiger partial charge in [-0.15, -0.1) is 0 Å². The van der Waals surface area contributed by atoms with E-state index in [2.05, 4.69) is 5.32 Å². The van der Waals surface area contributed by atoms with Gasteiger partial charge in [0.25, 0.3) is 0 Å². The van der Waals surface area contributed by atoms with Gasteiger partial charge in [-0.05, 0) is 29.8 Å². The van der Waals surface area contributed by atoms with Crippen molar-refractivity contribution in [2.24, 2.45) is 5.73 Å². The van der Waals surface area contributed by atoms with Crippen LogP contribution in [0, 0.1) is 5.82 Å². The van der Waals surface area contributed by atoms with E-state index in [4.69, 9.17) is 22.1 Å². The summed E-state index contributed by atoms with van der Waals surface area (Å²) in [5, 5.41) is 3.58. The van der Waals surface area contributed by atoms with Crippen molar-refractivity contribution in [1.82, 2.24) is 0 Å². The molecule has 0 fully saturated rings. The van der Waals surface area contributed by atoms with Crippen molar-refractivity contribution in [3.8, 4) is 5.75 Å². The highest BCUT2D eigenvalue weighted by Gasteiger charge is 2.13. The van der Waals surface area contributed by atoms with Crippen LogP contribution in [0.4, 0.5) is 10.1 Å². The minimum atomic E-state index is -0.314. The van der Waals surface area contributed by atoms with E-state index in [1.165, 1.54) is 6.07 Å². The molecule has 20 heavy (non-hydrogen) atoms. The Balaban J connectivity index is 2.24. The van der Waals surface area contributed by atoms with E-state index in [1.807, 2.05) is 6.07 Å².